The first kappa shape index (κ1) is 8.17. The van der Waals surface area contributed by atoms with Crippen LogP contribution >= 0.6 is 7.55 Å². The van der Waals surface area contributed by atoms with Crippen molar-refractivity contribution in [1.29, 1.82) is 0 Å². The SMILES string of the molecule is C=[P+](CC)CCCC. The van der Waals surface area contributed by atoms with Gasteiger partial charge in [0.1, 0.15) is 12.3 Å². The van der Waals surface area contributed by atoms with Gasteiger partial charge in [-0.3, -0.25) is 0 Å². The van der Waals surface area contributed by atoms with E-state index in [0.29, 0.717) is 0 Å². The largest absolute Gasteiger partial charge is 0.106 e. The molecular formula is C7H16P+. The summed E-state index contributed by atoms with van der Waals surface area (Å²) in [7, 11) is 0.166. The van der Waals surface area contributed by atoms with Crippen LogP contribution < -0.4 is 0 Å². The molecule has 0 N–H and O–H groups in total. The van der Waals surface area contributed by atoms with Gasteiger partial charge in [-0.05, 0) is 13.3 Å². The van der Waals surface area contributed by atoms with Gasteiger partial charge in [0.2, 0.25) is 0 Å². The van der Waals surface area contributed by atoms with Crippen molar-refractivity contribution in [2.45, 2.75) is 26.7 Å². The monoisotopic (exact) mass is 131 g/mol. The summed E-state index contributed by atoms with van der Waals surface area (Å²) in [6.45, 7) is 4.47. The van der Waals surface area contributed by atoms with Crippen LogP contribution in [0.5, 0.6) is 0 Å². The van der Waals surface area contributed by atoms with Crippen LogP contribution in [-0.4, -0.2) is 18.6 Å². The molecule has 0 heterocycles. The molecule has 1 atom stereocenters. The maximum atomic E-state index is 4.06. The molecule has 0 aromatic rings. The predicted molar refractivity (Wildman–Crippen MR) is 44.4 cm³/mol. The molecule has 1 unspecified atom stereocenters. The van der Waals surface area contributed by atoms with Crippen LogP contribution in [0.4, 0.5) is 0 Å². The third-order valence-electron chi connectivity index (χ3n) is 1.28. The van der Waals surface area contributed by atoms with Gasteiger partial charge in [-0.25, -0.2) is 0 Å². The van der Waals surface area contributed by atoms with Crippen LogP contribution in [0, 0.1) is 0 Å². The van der Waals surface area contributed by atoms with Crippen LogP contribution in [0.15, 0.2) is 0 Å². The Labute approximate surface area is 53.7 Å². The van der Waals surface area contributed by atoms with E-state index in [9.17, 15) is 0 Å². The molecule has 0 bridgehead atoms. The zero-order valence-electron chi connectivity index (χ0n) is 5.98. The normalized spacial score (nSPS) is 11.5. The molecule has 0 saturated carbocycles. The minimum absolute atomic E-state index is 0.166. The van der Waals surface area contributed by atoms with Crippen LogP contribution in [0.3, 0.4) is 0 Å². The summed E-state index contributed by atoms with van der Waals surface area (Å²) in [6, 6.07) is 0. The molecule has 8 heavy (non-hydrogen) atoms. The Morgan fingerprint density at radius 2 is 2.00 bits per heavy atom. The molecule has 0 aromatic carbocycles. The summed E-state index contributed by atoms with van der Waals surface area (Å²) in [4.78, 5) is 0. The first-order chi connectivity index (χ1) is 3.81. The number of unbranched alkanes of at least 4 members (excludes halogenated alkanes) is 1. The Kier molecular flexibility index (Phi) is 5.42. The van der Waals surface area contributed by atoms with Crippen molar-refractivity contribution in [3.05, 3.63) is 0 Å². The van der Waals surface area contributed by atoms with Crippen molar-refractivity contribution < 1.29 is 0 Å². The van der Waals surface area contributed by atoms with Crippen LogP contribution in [0.25, 0.3) is 0 Å². The van der Waals surface area contributed by atoms with Gasteiger partial charge in [0.05, 0.1) is 13.8 Å². The predicted octanol–water partition coefficient (Wildman–Crippen LogP) is 2.72. The minimum Gasteiger partial charge on any atom is -0.0652 e. The van der Waals surface area contributed by atoms with Gasteiger partial charge in [-0.1, -0.05) is 13.3 Å². The highest BCUT2D eigenvalue weighted by atomic mass is 31.1. The molecule has 0 aliphatic rings. The molecule has 0 rings (SSSR count). The maximum Gasteiger partial charge on any atom is 0.106 e. The second kappa shape index (κ2) is 5.31. The van der Waals surface area contributed by atoms with Gasteiger partial charge in [-0.15, -0.1) is 0 Å². The second-order valence-corrected chi connectivity index (χ2v) is 4.49. The van der Waals surface area contributed by atoms with E-state index in [1.807, 2.05) is 0 Å². The molecule has 0 radical (unpaired) electrons. The summed E-state index contributed by atoms with van der Waals surface area (Å²) in [5, 5.41) is 0. The molecule has 0 aliphatic carbocycles. The zero-order chi connectivity index (χ0) is 6.41. The van der Waals surface area contributed by atoms with Crippen molar-refractivity contribution in [2.75, 3.05) is 12.3 Å². The van der Waals surface area contributed by atoms with Gasteiger partial charge in [0, 0.05) is 0 Å². The molecule has 0 fully saturated rings. The Morgan fingerprint density at radius 3 is 2.38 bits per heavy atom. The molecular weight excluding hydrogens is 115 g/mol. The summed E-state index contributed by atoms with van der Waals surface area (Å²) < 4.78 is 0. The average molecular weight is 131 g/mol. The molecule has 48 valence electrons. The van der Waals surface area contributed by atoms with Gasteiger partial charge >= 0.3 is 0 Å². The number of rotatable bonds is 4. The van der Waals surface area contributed by atoms with Crippen LogP contribution in [0.2, 0.25) is 0 Å². The lowest BCUT2D eigenvalue weighted by Crippen LogP contribution is -1.77. The average Bonchev–Trinajstić information content (AvgIpc) is 1.83. The maximum absolute atomic E-state index is 4.06. The molecule has 0 saturated heterocycles. The highest BCUT2D eigenvalue weighted by Gasteiger charge is 1.98. The van der Waals surface area contributed by atoms with Crippen molar-refractivity contribution in [2.24, 2.45) is 0 Å². The lowest BCUT2D eigenvalue weighted by molar-refractivity contribution is 0.893. The fourth-order valence-corrected chi connectivity index (χ4v) is 1.62. The van der Waals surface area contributed by atoms with Crippen molar-refractivity contribution in [1.82, 2.24) is 0 Å². The third kappa shape index (κ3) is 4.33. The Morgan fingerprint density at radius 1 is 1.38 bits per heavy atom. The van der Waals surface area contributed by atoms with E-state index < -0.39 is 0 Å². The topological polar surface area (TPSA) is 0 Å². The summed E-state index contributed by atoms with van der Waals surface area (Å²) in [6.07, 6.45) is 9.44. The van der Waals surface area contributed by atoms with E-state index in [0.717, 1.165) is 0 Å². The lowest BCUT2D eigenvalue weighted by atomic mass is 10.4. The van der Waals surface area contributed by atoms with E-state index in [1.165, 1.54) is 25.2 Å². The van der Waals surface area contributed by atoms with E-state index in [1.54, 1.807) is 0 Å². The van der Waals surface area contributed by atoms with E-state index in [4.69, 9.17) is 0 Å². The molecule has 0 nitrogen and oxygen atoms in total. The summed E-state index contributed by atoms with van der Waals surface area (Å²) >= 11 is 0. The fraction of sp³-hybridized carbons (Fsp3) is 0.857. The lowest BCUT2D eigenvalue weighted by Gasteiger charge is -1.86. The van der Waals surface area contributed by atoms with E-state index in [2.05, 4.69) is 20.1 Å². The van der Waals surface area contributed by atoms with Crippen molar-refractivity contribution in [3.63, 3.8) is 0 Å². The van der Waals surface area contributed by atoms with Gasteiger partial charge in [-0.2, -0.15) is 0 Å². The third-order valence-corrected chi connectivity index (χ3v) is 3.12. The Bertz CT molecular complexity index is 66.8. The van der Waals surface area contributed by atoms with Crippen LogP contribution in [-0.2, 0) is 0 Å². The quantitative estimate of drug-likeness (QED) is 0.514. The molecule has 1 heteroatoms. The Balaban J connectivity index is 2.99. The molecule has 0 aromatic heterocycles. The second-order valence-electron chi connectivity index (χ2n) is 2.06. The van der Waals surface area contributed by atoms with Crippen LogP contribution in [0.1, 0.15) is 26.7 Å². The minimum atomic E-state index is 0.166. The number of hydrogen-bond acceptors (Lipinski definition) is 0. The smallest absolute Gasteiger partial charge is 0.0652 e. The number of hydrogen-bond donors (Lipinski definition) is 0. The van der Waals surface area contributed by atoms with Crippen molar-refractivity contribution in [3.8, 4) is 0 Å². The van der Waals surface area contributed by atoms with Gasteiger partial charge < -0.3 is 0 Å². The summed E-state index contributed by atoms with van der Waals surface area (Å²) in [5.41, 5.74) is 0. The summed E-state index contributed by atoms with van der Waals surface area (Å²) in [5.74, 6) is 0. The standard InChI is InChI=1S/C7H16P/c1-4-6-7-8(3)5-2/h3-7H2,1-2H3/q+1. The van der Waals surface area contributed by atoms with Crippen molar-refractivity contribution >= 4 is 13.8 Å². The van der Waals surface area contributed by atoms with E-state index >= 15 is 0 Å². The highest BCUT2D eigenvalue weighted by Crippen LogP contribution is 2.19. The molecule has 0 aliphatic heterocycles. The zero-order valence-corrected chi connectivity index (χ0v) is 6.88. The molecule has 0 spiro atoms. The van der Waals surface area contributed by atoms with E-state index in [-0.39, 0.29) is 7.55 Å². The van der Waals surface area contributed by atoms with Gasteiger partial charge in [0.15, 0.2) is 0 Å². The van der Waals surface area contributed by atoms with Gasteiger partial charge in [0.25, 0.3) is 0 Å². The first-order valence-electron chi connectivity index (χ1n) is 3.36. The fourth-order valence-electron chi connectivity index (χ4n) is 0.540. The first-order valence-corrected chi connectivity index (χ1v) is 5.26. The highest BCUT2D eigenvalue weighted by molar-refractivity contribution is 7.55. The Hall–Kier alpha value is 0.170. The molecule has 0 amide bonds.